The predicted molar refractivity (Wildman–Crippen MR) is 223 cm³/mol. The van der Waals surface area contributed by atoms with E-state index in [9.17, 15) is 56.4 Å². The molecule has 0 saturated heterocycles. The van der Waals surface area contributed by atoms with Crippen LogP contribution in [0.4, 0.5) is 11.6 Å². The molecule has 0 fully saturated rings. The highest BCUT2D eigenvalue weighted by atomic mass is 35.5. The quantitative estimate of drug-likeness (QED) is 0.212. The average molecular weight is 954 g/mol. The number of halogens is 2. The minimum absolute atomic E-state index is 0.0391. The Kier molecular flexibility index (Phi) is 17.3. The number of nitrogens with one attached hydrogen (secondary N) is 4. The third-order valence-electron chi connectivity index (χ3n) is 8.19. The molecule has 2 amide bonds. The molecule has 0 unspecified atom stereocenters. The number of nitriles is 2. The molecule has 332 valence electrons. The number of likely N-dealkylation sites (N-methyl/N-ethyl adjacent to an activating group) is 2. The van der Waals surface area contributed by atoms with Crippen LogP contribution in [0.5, 0.6) is 0 Å². The molecule has 20 nitrogen and oxygen atoms in total. The van der Waals surface area contributed by atoms with Gasteiger partial charge in [-0.05, 0) is 47.9 Å². The Morgan fingerprint density at radius 3 is 1.22 bits per heavy atom. The first-order valence-electron chi connectivity index (χ1n) is 17.6. The van der Waals surface area contributed by atoms with E-state index in [1.54, 1.807) is 85.2 Å². The van der Waals surface area contributed by atoms with Crippen LogP contribution < -0.4 is 30.8 Å². The minimum atomic E-state index is -3.90. The summed E-state index contributed by atoms with van der Waals surface area (Å²) < 4.78 is 51.6. The van der Waals surface area contributed by atoms with Gasteiger partial charge in [-0.25, -0.2) is 47.0 Å². The number of hydrogen-bond donors (Lipinski definition) is 4. The van der Waals surface area contributed by atoms with E-state index < -0.39 is 65.0 Å². The largest absolute Gasteiger partial charge is 0.869 e. The Morgan fingerprint density at radius 2 is 0.922 bits per heavy atom. The number of aromatic amines is 2. The summed E-state index contributed by atoms with van der Waals surface area (Å²) in [5, 5.41) is 60.0. The Balaban J connectivity index is 0.000000250. The molecule has 0 spiro atoms. The SMILES string of the molecule is CC#N.CC#N.CN1C(C(=O)Nc2cccc[nH+]2)=C(O)c2ccccc2S1(=O)=O.CN1C(C(=O)Nc2cccc[nH+]2)=C(O)c2ccccc2S1(=O)=O.O=C1C([O-])=C(Cl)C(=O)C([O-])=C1Cl. The number of sulfonamides is 2. The summed E-state index contributed by atoms with van der Waals surface area (Å²) in [6, 6.07) is 25.6. The Bertz CT molecular complexity index is 2700. The fourth-order valence-electron chi connectivity index (χ4n) is 5.27. The number of aliphatic hydroxyl groups is 2. The van der Waals surface area contributed by atoms with E-state index >= 15 is 0 Å². The van der Waals surface area contributed by atoms with E-state index in [1.807, 2.05) is 0 Å². The molecule has 24 heteroatoms. The van der Waals surface area contributed by atoms with Crippen molar-refractivity contribution in [1.82, 2.24) is 8.61 Å². The van der Waals surface area contributed by atoms with Gasteiger partial charge >= 0.3 is 11.8 Å². The van der Waals surface area contributed by atoms with Crippen LogP contribution in [-0.2, 0) is 39.2 Å². The summed E-state index contributed by atoms with van der Waals surface area (Å²) in [6.45, 7) is 2.86. The van der Waals surface area contributed by atoms with Crippen LogP contribution in [0.1, 0.15) is 25.0 Å². The van der Waals surface area contributed by atoms with Crippen LogP contribution in [0, 0.1) is 22.7 Å². The number of hydrogen-bond acceptors (Lipinski definition) is 14. The lowest BCUT2D eigenvalue weighted by Crippen LogP contribution is -2.37. The number of Topliss-reactive ketones (excluding diaryl/α,β-unsaturated/α-hetero) is 2. The maximum Gasteiger partial charge on any atom is 0.360 e. The third-order valence-corrected chi connectivity index (χ3v) is 12.5. The second-order valence-electron chi connectivity index (χ2n) is 12.2. The van der Waals surface area contributed by atoms with Gasteiger partial charge in [-0.3, -0.25) is 18.2 Å². The number of carbonyl (C=O) groups excluding carboxylic acids is 4. The van der Waals surface area contributed by atoms with E-state index in [1.165, 1.54) is 52.2 Å². The van der Waals surface area contributed by atoms with Crippen LogP contribution in [0.3, 0.4) is 0 Å². The fourth-order valence-corrected chi connectivity index (χ4v) is 8.41. The van der Waals surface area contributed by atoms with Crippen molar-refractivity contribution in [3.63, 3.8) is 0 Å². The molecular weight excluding hydrogens is 920 g/mol. The minimum Gasteiger partial charge on any atom is -0.869 e. The average Bonchev–Trinajstić information content (AvgIpc) is 3.28. The van der Waals surface area contributed by atoms with E-state index in [0.29, 0.717) is 11.6 Å². The number of nitrogens with zero attached hydrogens (tertiary/aromatic N) is 4. The molecule has 7 rings (SSSR count). The lowest BCUT2D eigenvalue weighted by Gasteiger charge is -2.27. The number of rotatable bonds is 4. The number of benzene rings is 2. The van der Waals surface area contributed by atoms with Crippen molar-refractivity contribution in [1.29, 1.82) is 10.5 Å². The number of H-pyrrole nitrogens is 2. The summed E-state index contributed by atoms with van der Waals surface area (Å²) in [6.07, 6.45) is 3.22. The van der Waals surface area contributed by atoms with Crippen LogP contribution in [-0.4, -0.2) is 73.1 Å². The van der Waals surface area contributed by atoms with Crippen molar-refractivity contribution in [2.45, 2.75) is 23.6 Å². The summed E-state index contributed by atoms with van der Waals surface area (Å²) in [5.74, 6) is -6.39. The second-order valence-corrected chi connectivity index (χ2v) is 16.8. The molecule has 3 aliphatic rings. The van der Waals surface area contributed by atoms with Crippen molar-refractivity contribution in [2.24, 2.45) is 0 Å². The van der Waals surface area contributed by atoms with Gasteiger partial charge in [0.15, 0.2) is 34.5 Å². The number of aromatic nitrogens is 2. The zero-order valence-electron chi connectivity index (χ0n) is 33.6. The Morgan fingerprint density at radius 1 is 0.625 bits per heavy atom. The highest BCUT2D eigenvalue weighted by molar-refractivity contribution is 7.89. The molecule has 0 radical (unpaired) electrons. The van der Waals surface area contributed by atoms with Gasteiger partial charge in [-0.1, -0.05) is 59.6 Å². The van der Waals surface area contributed by atoms with Gasteiger partial charge in [-0.15, -0.1) is 0 Å². The first-order valence-corrected chi connectivity index (χ1v) is 21.2. The maximum absolute atomic E-state index is 12.5. The summed E-state index contributed by atoms with van der Waals surface area (Å²) in [7, 11) is -5.34. The molecular formula is C40H34Cl2N8O12S2. The Hall–Kier alpha value is -7.76. The highest BCUT2D eigenvalue weighted by Crippen LogP contribution is 2.36. The Labute approximate surface area is 375 Å². The second kappa shape index (κ2) is 21.9. The molecule has 64 heavy (non-hydrogen) atoms. The van der Waals surface area contributed by atoms with Crippen molar-refractivity contribution in [3.8, 4) is 12.1 Å². The van der Waals surface area contributed by atoms with Gasteiger partial charge in [-0.2, -0.15) is 10.5 Å². The summed E-state index contributed by atoms with van der Waals surface area (Å²) in [5.41, 5.74) is -0.456. The maximum atomic E-state index is 12.5. The normalized spacial score (nSPS) is 15.3. The molecule has 4 heterocycles. The van der Waals surface area contributed by atoms with Crippen LogP contribution in [0.25, 0.3) is 11.5 Å². The zero-order valence-corrected chi connectivity index (χ0v) is 36.7. The van der Waals surface area contributed by atoms with Crippen molar-refractivity contribution in [2.75, 3.05) is 24.7 Å². The van der Waals surface area contributed by atoms with E-state index in [-0.39, 0.29) is 43.8 Å². The molecule has 6 N–H and O–H groups in total. The lowest BCUT2D eigenvalue weighted by molar-refractivity contribution is -0.361. The molecule has 1 aliphatic carbocycles. The van der Waals surface area contributed by atoms with E-state index in [4.69, 9.17) is 33.7 Å². The predicted octanol–water partition coefficient (Wildman–Crippen LogP) is 1.82. The molecule has 0 bridgehead atoms. The number of carbonyl (C=O) groups is 4. The molecule has 0 atom stereocenters. The molecule has 2 aliphatic heterocycles. The summed E-state index contributed by atoms with van der Waals surface area (Å²) >= 11 is 10.2. The standard InChI is InChI=1S/2C15H13N3O4S.C6H2Cl2O4.2C2H3N/c2*1-18-13(15(20)17-12-8-4-5-9-16-12)14(19)10-6-2-3-7-11(10)23(18,21)22;7-1-3(9)5(11)2(8)6(12)4(1)10;2*1-2-3/h2*2-9,19H,1H3,(H,16,17,20);9,12H;2*1H3. The van der Waals surface area contributed by atoms with E-state index in [0.717, 1.165) is 8.61 Å². The van der Waals surface area contributed by atoms with Crippen molar-refractivity contribution in [3.05, 3.63) is 141 Å². The number of fused-ring (bicyclic) bond motifs is 2. The van der Waals surface area contributed by atoms with Gasteiger partial charge in [0.2, 0.25) is 0 Å². The molecule has 2 aromatic heterocycles. The van der Waals surface area contributed by atoms with Gasteiger partial charge in [0, 0.05) is 51.2 Å². The van der Waals surface area contributed by atoms with Gasteiger partial charge in [0.05, 0.1) is 44.4 Å². The van der Waals surface area contributed by atoms with Gasteiger partial charge in [0.1, 0.15) is 0 Å². The topological polar surface area (TPSA) is 330 Å². The first kappa shape index (κ1) is 50.6. The fraction of sp³-hybridized carbons (Fsp3) is 0.100. The van der Waals surface area contributed by atoms with Crippen molar-refractivity contribution >= 4 is 89.8 Å². The monoisotopic (exact) mass is 952 g/mol. The van der Waals surface area contributed by atoms with Gasteiger partial charge < -0.3 is 20.4 Å². The lowest BCUT2D eigenvalue weighted by atomic mass is 10.1. The third kappa shape index (κ3) is 11.0. The number of allylic oxidation sites excluding steroid dienone is 2. The summed E-state index contributed by atoms with van der Waals surface area (Å²) in [4.78, 5) is 51.8. The number of pyridine rings is 2. The smallest absolute Gasteiger partial charge is 0.360 e. The first-order chi connectivity index (χ1) is 30.1. The molecule has 4 aromatic rings. The molecule has 0 saturated carbocycles. The molecule has 2 aromatic carbocycles. The zero-order chi connectivity index (χ0) is 48.1. The van der Waals surface area contributed by atoms with Crippen LogP contribution in [0.15, 0.2) is 140 Å². The van der Waals surface area contributed by atoms with Crippen LogP contribution in [0.2, 0.25) is 0 Å². The highest BCUT2D eigenvalue weighted by Gasteiger charge is 2.40. The van der Waals surface area contributed by atoms with E-state index in [2.05, 4.69) is 20.6 Å². The number of ketones is 2. The number of anilines is 2. The van der Waals surface area contributed by atoms with Gasteiger partial charge in [0.25, 0.3) is 31.7 Å². The number of aliphatic hydroxyl groups excluding tert-OH is 2. The van der Waals surface area contributed by atoms with Crippen LogP contribution >= 0.6 is 23.2 Å². The van der Waals surface area contributed by atoms with Crippen molar-refractivity contribution < 1.29 is 66.4 Å². The number of amides is 2.